The van der Waals surface area contributed by atoms with Gasteiger partial charge in [0.05, 0.1) is 23.0 Å². The van der Waals surface area contributed by atoms with Crippen molar-refractivity contribution in [3.63, 3.8) is 0 Å². The minimum Gasteiger partial charge on any atom is -0.508 e. The third-order valence-corrected chi connectivity index (χ3v) is 4.85. The summed E-state index contributed by atoms with van der Waals surface area (Å²) in [6.45, 7) is 0. The number of thiophene rings is 1. The molecule has 3 N–H and O–H groups in total. The van der Waals surface area contributed by atoms with E-state index < -0.39 is 0 Å². The molecule has 0 spiro atoms. The Morgan fingerprint density at radius 1 is 1.35 bits per heavy atom. The topological polar surface area (TPSA) is 81.9 Å². The van der Waals surface area contributed by atoms with Gasteiger partial charge in [0.2, 0.25) is 0 Å². The standard InChI is InChI=1S/C17H18N2O3S/c20-9-17-15(7-14(23-17)8-16(22)11-1-2-11)19-10-18-12-3-5-13(21)6-4-12/h3-7,9-11,16,21-22H,1-2,8H2,(H,18,19). The number of aromatic hydroxyl groups is 1. The molecule has 3 rings (SSSR count). The maximum atomic E-state index is 11.2. The van der Waals surface area contributed by atoms with E-state index in [-0.39, 0.29) is 11.9 Å². The molecule has 2 aromatic rings. The van der Waals surface area contributed by atoms with Crippen molar-refractivity contribution in [1.29, 1.82) is 0 Å². The number of anilines is 1. The maximum absolute atomic E-state index is 11.2. The monoisotopic (exact) mass is 330 g/mol. The zero-order valence-electron chi connectivity index (χ0n) is 12.5. The third-order valence-electron chi connectivity index (χ3n) is 3.78. The Balaban J connectivity index is 1.65. The van der Waals surface area contributed by atoms with Crippen LogP contribution in [0.3, 0.4) is 0 Å². The lowest BCUT2D eigenvalue weighted by Crippen LogP contribution is -2.11. The minimum absolute atomic E-state index is 0.201. The van der Waals surface area contributed by atoms with Gasteiger partial charge in [-0.2, -0.15) is 0 Å². The number of carbonyl (C=O) groups is 1. The molecule has 23 heavy (non-hydrogen) atoms. The number of hydrogen-bond acceptors (Lipinski definition) is 5. The van der Waals surface area contributed by atoms with Crippen molar-refractivity contribution in [3.8, 4) is 5.75 Å². The second-order valence-electron chi connectivity index (χ2n) is 5.64. The average Bonchev–Trinajstić information content (AvgIpc) is 3.32. The number of phenols is 1. The van der Waals surface area contributed by atoms with Gasteiger partial charge in [-0.15, -0.1) is 11.3 Å². The minimum atomic E-state index is -0.319. The predicted octanol–water partition coefficient (Wildman–Crippen LogP) is 3.35. The second-order valence-corrected chi connectivity index (χ2v) is 6.81. The van der Waals surface area contributed by atoms with Crippen LogP contribution in [0.1, 0.15) is 27.4 Å². The van der Waals surface area contributed by atoms with Crippen molar-refractivity contribution in [2.45, 2.75) is 25.4 Å². The molecule has 1 atom stereocenters. The van der Waals surface area contributed by atoms with Gasteiger partial charge in [0.1, 0.15) is 5.75 Å². The molecule has 0 amide bonds. The molecule has 5 nitrogen and oxygen atoms in total. The van der Waals surface area contributed by atoms with Gasteiger partial charge >= 0.3 is 0 Å². The fourth-order valence-electron chi connectivity index (χ4n) is 2.32. The van der Waals surface area contributed by atoms with E-state index in [0.29, 0.717) is 22.9 Å². The van der Waals surface area contributed by atoms with E-state index in [2.05, 4.69) is 10.3 Å². The van der Waals surface area contributed by atoms with Crippen molar-refractivity contribution in [3.05, 3.63) is 40.1 Å². The smallest absolute Gasteiger partial charge is 0.162 e. The van der Waals surface area contributed by atoms with Crippen LogP contribution in [0.4, 0.5) is 11.4 Å². The molecule has 1 saturated carbocycles. The predicted molar refractivity (Wildman–Crippen MR) is 92.0 cm³/mol. The lowest BCUT2D eigenvalue weighted by molar-refractivity contribution is 0.112. The molecular formula is C17H18N2O3S. The summed E-state index contributed by atoms with van der Waals surface area (Å²) in [5.41, 5.74) is 1.40. The number of aldehydes is 1. The lowest BCUT2D eigenvalue weighted by atomic mass is 10.1. The molecule has 0 bridgehead atoms. The molecule has 0 saturated heterocycles. The van der Waals surface area contributed by atoms with E-state index >= 15 is 0 Å². The van der Waals surface area contributed by atoms with E-state index in [0.717, 1.165) is 29.7 Å². The Morgan fingerprint density at radius 2 is 2.09 bits per heavy atom. The molecule has 1 aliphatic rings. The van der Waals surface area contributed by atoms with Gasteiger partial charge in [-0.05, 0) is 49.1 Å². The molecule has 0 aliphatic heterocycles. The van der Waals surface area contributed by atoms with Crippen molar-refractivity contribution in [2.24, 2.45) is 10.9 Å². The summed E-state index contributed by atoms with van der Waals surface area (Å²) in [4.78, 5) is 17.0. The molecule has 0 radical (unpaired) electrons. The van der Waals surface area contributed by atoms with E-state index in [1.165, 1.54) is 17.7 Å². The summed E-state index contributed by atoms with van der Waals surface area (Å²) in [5.74, 6) is 0.618. The number of carbonyl (C=O) groups excluding carboxylic acids is 1. The van der Waals surface area contributed by atoms with Crippen LogP contribution in [0.15, 0.2) is 35.3 Å². The van der Waals surface area contributed by atoms with E-state index in [9.17, 15) is 15.0 Å². The largest absolute Gasteiger partial charge is 0.508 e. The Morgan fingerprint density at radius 3 is 2.74 bits per heavy atom. The van der Waals surface area contributed by atoms with Crippen LogP contribution in [-0.2, 0) is 6.42 Å². The van der Waals surface area contributed by atoms with Crippen molar-refractivity contribution >= 4 is 35.3 Å². The summed E-state index contributed by atoms with van der Waals surface area (Å²) in [5, 5.41) is 22.2. The highest BCUT2D eigenvalue weighted by Gasteiger charge is 2.30. The van der Waals surface area contributed by atoms with E-state index in [4.69, 9.17) is 0 Å². The highest BCUT2D eigenvalue weighted by molar-refractivity contribution is 7.14. The molecule has 1 heterocycles. The van der Waals surface area contributed by atoms with Crippen LogP contribution in [0.25, 0.3) is 0 Å². The molecule has 1 aromatic carbocycles. The fourth-order valence-corrected chi connectivity index (χ4v) is 3.29. The number of aliphatic imine (C=N–C) groups is 1. The van der Waals surface area contributed by atoms with Gasteiger partial charge in [-0.25, -0.2) is 4.99 Å². The van der Waals surface area contributed by atoms with Gasteiger partial charge in [-0.1, -0.05) is 0 Å². The van der Waals surface area contributed by atoms with Crippen LogP contribution < -0.4 is 5.32 Å². The molecule has 120 valence electrons. The molecular weight excluding hydrogens is 312 g/mol. The number of nitrogens with zero attached hydrogens (tertiary/aromatic N) is 1. The van der Waals surface area contributed by atoms with Crippen molar-refractivity contribution in [2.75, 3.05) is 5.32 Å². The number of benzene rings is 1. The maximum Gasteiger partial charge on any atom is 0.162 e. The van der Waals surface area contributed by atoms with Gasteiger partial charge in [0.25, 0.3) is 0 Å². The number of nitrogens with one attached hydrogen (secondary N) is 1. The summed E-state index contributed by atoms with van der Waals surface area (Å²) >= 11 is 1.38. The molecule has 1 aromatic heterocycles. The zero-order chi connectivity index (χ0) is 16.2. The van der Waals surface area contributed by atoms with E-state index in [1.54, 1.807) is 24.3 Å². The van der Waals surface area contributed by atoms with Crippen molar-refractivity contribution in [1.82, 2.24) is 0 Å². The van der Waals surface area contributed by atoms with Crippen LogP contribution in [-0.4, -0.2) is 28.9 Å². The van der Waals surface area contributed by atoms with Crippen molar-refractivity contribution < 1.29 is 15.0 Å². The van der Waals surface area contributed by atoms with Gasteiger partial charge in [0.15, 0.2) is 6.29 Å². The summed E-state index contributed by atoms with van der Waals surface area (Å²) in [6, 6.07) is 8.47. The second kappa shape index (κ2) is 6.93. The van der Waals surface area contributed by atoms with Gasteiger partial charge in [-0.3, -0.25) is 4.79 Å². The first-order valence-electron chi connectivity index (χ1n) is 7.50. The molecule has 1 unspecified atom stereocenters. The molecule has 6 heteroatoms. The average molecular weight is 330 g/mol. The lowest BCUT2D eigenvalue weighted by Gasteiger charge is -2.05. The number of aliphatic hydroxyl groups is 1. The van der Waals surface area contributed by atoms with E-state index in [1.807, 2.05) is 6.07 Å². The normalized spacial score (nSPS) is 15.7. The highest BCUT2D eigenvalue weighted by Crippen LogP contribution is 2.36. The number of aliphatic hydroxyl groups excluding tert-OH is 1. The van der Waals surface area contributed by atoms with Crippen LogP contribution >= 0.6 is 11.3 Å². The Bertz CT molecular complexity index is 705. The van der Waals surface area contributed by atoms with Gasteiger partial charge in [0, 0.05) is 17.0 Å². The zero-order valence-corrected chi connectivity index (χ0v) is 13.3. The SMILES string of the molecule is O=Cc1sc(CC(O)C2CC2)cc1N=CNc1ccc(O)cc1. The first-order valence-corrected chi connectivity index (χ1v) is 8.31. The highest BCUT2D eigenvalue weighted by atomic mass is 32.1. The fraction of sp³-hybridized carbons (Fsp3) is 0.294. The first kappa shape index (κ1) is 15.7. The Hall–Kier alpha value is -2.18. The first-order chi connectivity index (χ1) is 11.2. The summed E-state index contributed by atoms with van der Waals surface area (Å²) in [6.07, 6.45) is 4.76. The quantitative estimate of drug-likeness (QED) is 0.315. The summed E-state index contributed by atoms with van der Waals surface area (Å²) < 4.78 is 0. The number of hydrogen-bond donors (Lipinski definition) is 3. The number of rotatable bonds is 7. The van der Waals surface area contributed by atoms with Crippen LogP contribution in [0, 0.1) is 5.92 Å². The van der Waals surface area contributed by atoms with Crippen LogP contribution in [0.2, 0.25) is 0 Å². The Kier molecular flexibility index (Phi) is 4.73. The number of phenolic OH excluding ortho intramolecular Hbond substituents is 1. The van der Waals surface area contributed by atoms with Gasteiger partial charge < -0.3 is 15.5 Å². The van der Waals surface area contributed by atoms with Crippen LogP contribution in [0.5, 0.6) is 5.75 Å². The summed E-state index contributed by atoms with van der Waals surface area (Å²) in [7, 11) is 0. The Labute approximate surface area is 138 Å². The molecule has 1 fully saturated rings. The third kappa shape index (κ3) is 4.18. The molecule has 1 aliphatic carbocycles.